The number of nitrogens with zero attached hydrogens (tertiary/aromatic N) is 1. The molecular weight excluding hydrogens is 327 g/mol. The Morgan fingerprint density at radius 1 is 1.30 bits per heavy atom. The Labute approximate surface area is 121 Å². The molecule has 1 heterocycles. The standard InChI is InChI=1S/C14H8BrFN2O2/c15-9-5-7(14(19)20)6-11-12(9)18-13(17-11)8-3-1-2-4-10(8)16/h1-6H,(H,17,18)(H,19,20). The summed E-state index contributed by atoms with van der Waals surface area (Å²) in [6.45, 7) is 0. The molecule has 2 aromatic carbocycles. The van der Waals surface area contributed by atoms with E-state index in [1.165, 1.54) is 18.2 Å². The Morgan fingerprint density at radius 2 is 2.05 bits per heavy atom. The molecule has 0 amide bonds. The van der Waals surface area contributed by atoms with E-state index in [9.17, 15) is 9.18 Å². The first-order valence-electron chi connectivity index (χ1n) is 5.73. The van der Waals surface area contributed by atoms with Gasteiger partial charge in [0.25, 0.3) is 0 Å². The number of halogens is 2. The molecule has 0 saturated carbocycles. The molecule has 0 spiro atoms. The van der Waals surface area contributed by atoms with Gasteiger partial charge >= 0.3 is 5.97 Å². The van der Waals surface area contributed by atoms with Gasteiger partial charge in [-0.3, -0.25) is 0 Å². The van der Waals surface area contributed by atoms with Crippen molar-refractivity contribution in [3.8, 4) is 11.4 Å². The highest BCUT2D eigenvalue weighted by molar-refractivity contribution is 9.10. The lowest BCUT2D eigenvalue weighted by atomic mass is 10.2. The highest BCUT2D eigenvalue weighted by atomic mass is 79.9. The maximum absolute atomic E-state index is 13.7. The van der Waals surface area contributed by atoms with E-state index in [-0.39, 0.29) is 11.4 Å². The Balaban J connectivity index is 2.23. The monoisotopic (exact) mass is 334 g/mol. The number of rotatable bonds is 2. The fourth-order valence-corrected chi connectivity index (χ4v) is 2.53. The predicted octanol–water partition coefficient (Wildman–Crippen LogP) is 3.83. The van der Waals surface area contributed by atoms with Gasteiger partial charge in [-0.2, -0.15) is 0 Å². The molecule has 0 radical (unpaired) electrons. The van der Waals surface area contributed by atoms with E-state index in [1.807, 2.05) is 0 Å². The van der Waals surface area contributed by atoms with E-state index in [0.717, 1.165) is 0 Å². The van der Waals surface area contributed by atoms with Crippen molar-refractivity contribution < 1.29 is 14.3 Å². The zero-order valence-electron chi connectivity index (χ0n) is 10.0. The van der Waals surface area contributed by atoms with Gasteiger partial charge in [-0.15, -0.1) is 0 Å². The average molecular weight is 335 g/mol. The number of benzene rings is 2. The molecule has 0 fully saturated rings. The minimum Gasteiger partial charge on any atom is -0.478 e. The summed E-state index contributed by atoms with van der Waals surface area (Å²) in [5, 5.41) is 9.02. The summed E-state index contributed by atoms with van der Waals surface area (Å²) in [5.41, 5.74) is 1.57. The number of carbonyl (C=O) groups is 1. The van der Waals surface area contributed by atoms with Gasteiger partial charge in [0.2, 0.25) is 0 Å². The quantitative estimate of drug-likeness (QED) is 0.748. The molecule has 0 saturated heterocycles. The van der Waals surface area contributed by atoms with E-state index in [0.29, 0.717) is 26.9 Å². The van der Waals surface area contributed by atoms with Gasteiger partial charge < -0.3 is 10.1 Å². The molecule has 6 heteroatoms. The number of fused-ring (bicyclic) bond motifs is 1. The van der Waals surface area contributed by atoms with Gasteiger partial charge in [0.15, 0.2) is 0 Å². The van der Waals surface area contributed by atoms with Crippen molar-refractivity contribution in [3.05, 3.63) is 52.3 Å². The maximum Gasteiger partial charge on any atom is 0.335 e. The van der Waals surface area contributed by atoms with Crippen LogP contribution in [-0.2, 0) is 0 Å². The summed E-state index contributed by atoms with van der Waals surface area (Å²) in [5.74, 6) is -1.06. The van der Waals surface area contributed by atoms with E-state index >= 15 is 0 Å². The van der Waals surface area contributed by atoms with Crippen LogP contribution in [0.25, 0.3) is 22.4 Å². The second-order valence-electron chi connectivity index (χ2n) is 4.22. The molecule has 3 aromatic rings. The maximum atomic E-state index is 13.7. The number of H-pyrrole nitrogens is 1. The summed E-state index contributed by atoms with van der Waals surface area (Å²) in [7, 11) is 0. The van der Waals surface area contributed by atoms with Crippen molar-refractivity contribution in [2.75, 3.05) is 0 Å². The van der Waals surface area contributed by atoms with Gasteiger partial charge in [0.05, 0.1) is 16.6 Å². The molecule has 1 aromatic heterocycles. The van der Waals surface area contributed by atoms with Crippen LogP contribution in [0.2, 0.25) is 0 Å². The van der Waals surface area contributed by atoms with E-state index in [2.05, 4.69) is 25.9 Å². The number of hydrogen-bond acceptors (Lipinski definition) is 2. The van der Waals surface area contributed by atoms with Crippen LogP contribution in [0.3, 0.4) is 0 Å². The third kappa shape index (κ3) is 2.08. The van der Waals surface area contributed by atoms with Crippen LogP contribution in [0, 0.1) is 5.82 Å². The molecule has 100 valence electrons. The fraction of sp³-hybridized carbons (Fsp3) is 0. The van der Waals surface area contributed by atoms with Crippen LogP contribution in [0.4, 0.5) is 4.39 Å². The third-order valence-electron chi connectivity index (χ3n) is 2.92. The smallest absolute Gasteiger partial charge is 0.335 e. The average Bonchev–Trinajstić information content (AvgIpc) is 2.83. The van der Waals surface area contributed by atoms with Crippen LogP contribution in [0.1, 0.15) is 10.4 Å². The van der Waals surface area contributed by atoms with E-state index < -0.39 is 5.97 Å². The topological polar surface area (TPSA) is 66.0 Å². The summed E-state index contributed by atoms with van der Waals surface area (Å²) in [6.07, 6.45) is 0. The Hall–Kier alpha value is -2.21. The van der Waals surface area contributed by atoms with Crippen molar-refractivity contribution in [1.82, 2.24) is 9.97 Å². The highest BCUT2D eigenvalue weighted by Gasteiger charge is 2.14. The first-order chi connectivity index (χ1) is 9.56. The summed E-state index contributed by atoms with van der Waals surface area (Å²) < 4.78 is 14.3. The van der Waals surface area contributed by atoms with Gasteiger partial charge in [-0.05, 0) is 40.2 Å². The van der Waals surface area contributed by atoms with Crippen molar-refractivity contribution in [2.24, 2.45) is 0 Å². The van der Waals surface area contributed by atoms with Crippen LogP contribution in [0.15, 0.2) is 40.9 Å². The SMILES string of the molecule is O=C(O)c1cc(Br)c2nc(-c3ccccc3F)[nH]c2c1. The van der Waals surface area contributed by atoms with Gasteiger partial charge in [0.1, 0.15) is 17.2 Å². The Kier molecular flexibility index (Phi) is 3.02. The van der Waals surface area contributed by atoms with Crippen LogP contribution >= 0.6 is 15.9 Å². The van der Waals surface area contributed by atoms with Crippen LogP contribution in [0.5, 0.6) is 0 Å². The molecule has 20 heavy (non-hydrogen) atoms. The van der Waals surface area contributed by atoms with Gasteiger partial charge in [-0.1, -0.05) is 12.1 Å². The number of hydrogen-bond donors (Lipinski definition) is 2. The summed E-state index contributed by atoms with van der Waals surface area (Å²) in [6, 6.07) is 9.21. The van der Waals surface area contributed by atoms with Crippen molar-refractivity contribution in [3.63, 3.8) is 0 Å². The van der Waals surface area contributed by atoms with Crippen molar-refractivity contribution >= 4 is 32.9 Å². The van der Waals surface area contributed by atoms with Crippen LogP contribution in [-0.4, -0.2) is 21.0 Å². The molecule has 0 aliphatic heterocycles. The predicted molar refractivity (Wildman–Crippen MR) is 76.1 cm³/mol. The zero-order valence-corrected chi connectivity index (χ0v) is 11.6. The highest BCUT2D eigenvalue weighted by Crippen LogP contribution is 2.28. The molecular formula is C14H8BrFN2O2. The van der Waals surface area contributed by atoms with Gasteiger partial charge in [0, 0.05) is 4.47 Å². The number of aromatic amines is 1. The molecule has 0 aliphatic rings. The number of imidazole rings is 1. The number of aromatic carboxylic acids is 1. The molecule has 0 aliphatic carbocycles. The van der Waals surface area contributed by atoms with Gasteiger partial charge in [-0.25, -0.2) is 14.2 Å². The Bertz CT molecular complexity index is 829. The minimum atomic E-state index is -1.03. The molecule has 0 atom stereocenters. The molecule has 2 N–H and O–H groups in total. The normalized spacial score (nSPS) is 10.9. The first kappa shape index (κ1) is 12.8. The number of carboxylic acid groups (broad SMARTS) is 1. The second kappa shape index (κ2) is 4.72. The molecule has 0 unspecified atom stereocenters. The lowest BCUT2D eigenvalue weighted by Crippen LogP contribution is -1.95. The molecule has 0 bridgehead atoms. The number of carboxylic acids is 1. The Morgan fingerprint density at radius 3 is 2.75 bits per heavy atom. The van der Waals surface area contributed by atoms with E-state index in [1.54, 1.807) is 18.2 Å². The van der Waals surface area contributed by atoms with E-state index in [4.69, 9.17) is 5.11 Å². The first-order valence-corrected chi connectivity index (χ1v) is 6.53. The second-order valence-corrected chi connectivity index (χ2v) is 5.08. The third-order valence-corrected chi connectivity index (χ3v) is 3.52. The fourth-order valence-electron chi connectivity index (χ4n) is 1.98. The summed E-state index contributed by atoms with van der Waals surface area (Å²) >= 11 is 3.28. The van der Waals surface area contributed by atoms with Crippen molar-refractivity contribution in [1.29, 1.82) is 0 Å². The zero-order chi connectivity index (χ0) is 14.3. The molecule has 4 nitrogen and oxygen atoms in total. The minimum absolute atomic E-state index is 0.133. The number of nitrogens with one attached hydrogen (secondary N) is 1. The lowest BCUT2D eigenvalue weighted by molar-refractivity contribution is 0.0697. The van der Waals surface area contributed by atoms with Crippen LogP contribution < -0.4 is 0 Å². The summed E-state index contributed by atoms with van der Waals surface area (Å²) in [4.78, 5) is 18.3. The largest absolute Gasteiger partial charge is 0.478 e. The van der Waals surface area contributed by atoms with Crippen molar-refractivity contribution in [2.45, 2.75) is 0 Å². The molecule has 3 rings (SSSR count). The number of aromatic nitrogens is 2. The lowest BCUT2D eigenvalue weighted by Gasteiger charge is -1.97.